The van der Waals surface area contributed by atoms with Gasteiger partial charge in [-0.25, -0.2) is 0 Å². The predicted molar refractivity (Wildman–Crippen MR) is 65.9 cm³/mol. The van der Waals surface area contributed by atoms with Gasteiger partial charge in [0, 0.05) is 5.92 Å². The third kappa shape index (κ3) is 2.94. The van der Waals surface area contributed by atoms with Crippen molar-refractivity contribution in [3.05, 3.63) is 35.9 Å². The van der Waals surface area contributed by atoms with Crippen LogP contribution in [0.25, 0.3) is 0 Å². The van der Waals surface area contributed by atoms with Crippen LogP contribution >= 0.6 is 0 Å². The molecule has 1 aliphatic rings. The molecule has 1 nitrogen and oxygen atoms in total. The van der Waals surface area contributed by atoms with Crippen LogP contribution in [0.3, 0.4) is 0 Å². The van der Waals surface area contributed by atoms with Gasteiger partial charge in [-0.05, 0) is 30.7 Å². The Morgan fingerprint density at radius 3 is 2.44 bits per heavy atom. The maximum atomic E-state index is 11.1. The van der Waals surface area contributed by atoms with Gasteiger partial charge in [-0.1, -0.05) is 49.6 Å². The topological polar surface area (TPSA) is 17.1 Å². The fourth-order valence-corrected chi connectivity index (χ4v) is 2.71. The molecule has 1 aromatic carbocycles. The van der Waals surface area contributed by atoms with Crippen molar-refractivity contribution in [1.29, 1.82) is 0 Å². The zero-order valence-electron chi connectivity index (χ0n) is 9.69. The van der Waals surface area contributed by atoms with E-state index in [1.165, 1.54) is 37.7 Å². The lowest BCUT2D eigenvalue weighted by Crippen LogP contribution is -2.21. The molecule has 0 heterocycles. The number of rotatable bonds is 4. The molecular weight excluding hydrogens is 196 g/mol. The van der Waals surface area contributed by atoms with E-state index in [1.54, 1.807) is 0 Å². The lowest BCUT2D eigenvalue weighted by atomic mass is 9.78. The van der Waals surface area contributed by atoms with E-state index in [0.29, 0.717) is 5.92 Å². The van der Waals surface area contributed by atoms with Crippen molar-refractivity contribution >= 4 is 6.29 Å². The molecule has 1 heteroatoms. The molecule has 0 N–H and O–H groups in total. The first-order valence-electron chi connectivity index (χ1n) is 6.32. The maximum Gasteiger partial charge on any atom is 0.202 e. The molecule has 1 fully saturated rings. The van der Waals surface area contributed by atoms with Crippen LogP contribution in [-0.4, -0.2) is 6.29 Å². The summed E-state index contributed by atoms with van der Waals surface area (Å²) in [5.41, 5.74) is 1.27. The molecule has 1 aromatic rings. The van der Waals surface area contributed by atoms with E-state index in [1.807, 2.05) is 18.2 Å². The summed E-state index contributed by atoms with van der Waals surface area (Å²) in [5.74, 6) is 0.689. The van der Waals surface area contributed by atoms with Gasteiger partial charge in [-0.2, -0.15) is 0 Å². The van der Waals surface area contributed by atoms with Crippen LogP contribution in [0.2, 0.25) is 0 Å². The highest BCUT2D eigenvalue weighted by Gasteiger charge is 2.23. The van der Waals surface area contributed by atoms with Crippen molar-refractivity contribution in [2.24, 2.45) is 11.8 Å². The second kappa shape index (κ2) is 5.83. The van der Waals surface area contributed by atoms with Crippen molar-refractivity contribution in [2.45, 2.75) is 38.5 Å². The highest BCUT2D eigenvalue weighted by molar-refractivity contribution is 5.56. The molecule has 16 heavy (non-hydrogen) atoms. The molecule has 85 valence electrons. The van der Waals surface area contributed by atoms with Gasteiger partial charge >= 0.3 is 0 Å². The van der Waals surface area contributed by atoms with Crippen molar-refractivity contribution in [3.8, 4) is 0 Å². The maximum absolute atomic E-state index is 11.1. The molecule has 1 saturated carbocycles. The second-order valence-corrected chi connectivity index (χ2v) is 4.81. The molecule has 0 bridgehead atoms. The molecule has 1 unspecified atom stereocenters. The SMILES string of the molecule is O=[C]C(Cc1ccccc1)C1CCCCC1. The van der Waals surface area contributed by atoms with Gasteiger partial charge in [0.1, 0.15) is 0 Å². The molecule has 1 radical (unpaired) electrons. The summed E-state index contributed by atoms with van der Waals surface area (Å²) in [6.07, 6.45) is 9.49. The minimum absolute atomic E-state index is 0.114. The van der Waals surface area contributed by atoms with Crippen LogP contribution in [0.15, 0.2) is 30.3 Å². The number of hydrogen-bond donors (Lipinski definition) is 0. The number of hydrogen-bond acceptors (Lipinski definition) is 1. The van der Waals surface area contributed by atoms with Crippen LogP contribution in [-0.2, 0) is 11.2 Å². The minimum atomic E-state index is 0.114. The van der Waals surface area contributed by atoms with Gasteiger partial charge in [0.2, 0.25) is 6.29 Å². The lowest BCUT2D eigenvalue weighted by Gasteiger charge is -2.26. The molecule has 2 rings (SSSR count). The molecule has 0 aromatic heterocycles. The monoisotopic (exact) mass is 215 g/mol. The predicted octanol–water partition coefficient (Wildman–Crippen LogP) is 3.54. The first-order chi connectivity index (χ1) is 7.90. The summed E-state index contributed by atoms with van der Waals surface area (Å²) in [5, 5.41) is 0. The minimum Gasteiger partial charge on any atom is -0.291 e. The molecule has 1 atom stereocenters. The Kier molecular flexibility index (Phi) is 4.15. The average molecular weight is 215 g/mol. The Bertz CT molecular complexity index is 311. The molecule has 0 saturated heterocycles. The number of carbonyl (C=O) groups excluding carboxylic acids is 1. The highest BCUT2D eigenvalue weighted by atomic mass is 16.1. The van der Waals surface area contributed by atoms with Gasteiger partial charge in [0.05, 0.1) is 0 Å². The Morgan fingerprint density at radius 1 is 1.12 bits per heavy atom. The Labute approximate surface area is 97.9 Å². The van der Waals surface area contributed by atoms with Gasteiger partial charge in [-0.3, -0.25) is 4.79 Å². The van der Waals surface area contributed by atoms with E-state index in [9.17, 15) is 4.79 Å². The van der Waals surface area contributed by atoms with E-state index in [-0.39, 0.29) is 5.92 Å². The molecule has 0 aliphatic heterocycles. The Balaban J connectivity index is 1.97. The quantitative estimate of drug-likeness (QED) is 0.751. The van der Waals surface area contributed by atoms with E-state index >= 15 is 0 Å². The Hall–Kier alpha value is -1.11. The second-order valence-electron chi connectivity index (χ2n) is 4.81. The summed E-state index contributed by atoms with van der Waals surface area (Å²) >= 11 is 0. The van der Waals surface area contributed by atoms with Gasteiger partial charge in [0.15, 0.2) is 0 Å². The first-order valence-corrected chi connectivity index (χ1v) is 6.32. The van der Waals surface area contributed by atoms with E-state index in [2.05, 4.69) is 18.4 Å². The van der Waals surface area contributed by atoms with Crippen LogP contribution in [0, 0.1) is 11.8 Å². The summed E-state index contributed by atoms with van der Waals surface area (Å²) < 4.78 is 0. The zero-order chi connectivity index (χ0) is 11.2. The van der Waals surface area contributed by atoms with Gasteiger partial charge in [0.25, 0.3) is 0 Å². The fourth-order valence-electron chi connectivity index (χ4n) is 2.71. The number of benzene rings is 1. The molecule has 0 amide bonds. The van der Waals surface area contributed by atoms with E-state index in [4.69, 9.17) is 0 Å². The highest BCUT2D eigenvalue weighted by Crippen LogP contribution is 2.30. The summed E-state index contributed by atoms with van der Waals surface area (Å²) in [6, 6.07) is 10.3. The lowest BCUT2D eigenvalue weighted by molar-refractivity contribution is 0.291. The van der Waals surface area contributed by atoms with Crippen molar-refractivity contribution in [2.75, 3.05) is 0 Å². The first kappa shape index (κ1) is 11.4. The summed E-state index contributed by atoms with van der Waals surface area (Å²) in [4.78, 5) is 11.1. The van der Waals surface area contributed by atoms with Crippen molar-refractivity contribution < 1.29 is 4.79 Å². The third-order valence-electron chi connectivity index (χ3n) is 3.67. The molecule has 1 aliphatic carbocycles. The van der Waals surface area contributed by atoms with Crippen LogP contribution in [0.5, 0.6) is 0 Å². The standard InChI is InChI=1S/C15H19O/c16-12-15(14-9-5-2-6-10-14)11-13-7-3-1-4-8-13/h1,3-4,7-8,14-15H,2,5-6,9-11H2. The Morgan fingerprint density at radius 2 is 1.81 bits per heavy atom. The fraction of sp³-hybridized carbons (Fsp3) is 0.533. The summed E-state index contributed by atoms with van der Waals surface area (Å²) in [7, 11) is 0. The van der Waals surface area contributed by atoms with Crippen LogP contribution in [0.1, 0.15) is 37.7 Å². The molecular formula is C15H19O. The largest absolute Gasteiger partial charge is 0.291 e. The average Bonchev–Trinajstić information content (AvgIpc) is 2.38. The van der Waals surface area contributed by atoms with Gasteiger partial charge in [-0.15, -0.1) is 0 Å². The van der Waals surface area contributed by atoms with Crippen molar-refractivity contribution in [3.63, 3.8) is 0 Å². The van der Waals surface area contributed by atoms with E-state index < -0.39 is 0 Å². The van der Waals surface area contributed by atoms with Crippen LogP contribution in [0.4, 0.5) is 0 Å². The third-order valence-corrected chi connectivity index (χ3v) is 3.67. The van der Waals surface area contributed by atoms with E-state index in [0.717, 1.165) is 6.42 Å². The zero-order valence-corrected chi connectivity index (χ0v) is 9.69. The molecule has 0 spiro atoms. The summed E-state index contributed by atoms with van der Waals surface area (Å²) in [6.45, 7) is 0. The van der Waals surface area contributed by atoms with Gasteiger partial charge < -0.3 is 0 Å². The smallest absolute Gasteiger partial charge is 0.202 e. The van der Waals surface area contributed by atoms with Crippen molar-refractivity contribution in [1.82, 2.24) is 0 Å². The normalized spacial score (nSPS) is 19.2. The van der Waals surface area contributed by atoms with Crippen LogP contribution < -0.4 is 0 Å².